The zero-order chi connectivity index (χ0) is 13.9. The minimum absolute atomic E-state index is 1.12. The Balaban J connectivity index is 2.63. The van der Waals surface area contributed by atoms with Crippen molar-refractivity contribution in [1.82, 2.24) is 0 Å². The first-order chi connectivity index (χ1) is 9.00. The summed E-state index contributed by atoms with van der Waals surface area (Å²) in [6.07, 6.45) is 0. The Hall–Kier alpha value is 0.890. The van der Waals surface area contributed by atoms with E-state index in [-0.39, 0.29) is 0 Å². The molecular weight excluding hydrogens is 615 g/mol. The van der Waals surface area contributed by atoms with E-state index in [4.69, 9.17) is 0 Å². The summed E-state index contributed by atoms with van der Waals surface area (Å²) in [6, 6.07) is 20.7. The molecule has 0 amide bonds. The molecule has 100 valence electrons. The van der Waals surface area contributed by atoms with Crippen LogP contribution in [0.2, 0.25) is 0 Å². The van der Waals surface area contributed by atoms with Crippen molar-refractivity contribution in [2.75, 3.05) is 0 Å². The van der Waals surface area contributed by atoms with Crippen molar-refractivity contribution in [2.24, 2.45) is 0 Å². The Bertz CT molecular complexity index is 573. The first kappa shape index (κ1) is 16.3. The van der Waals surface area contributed by atoms with Gasteiger partial charge in [-0.25, -0.2) is 0 Å². The van der Waals surface area contributed by atoms with E-state index in [1.807, 2.05) is 24.3 Å². The van der Waals surface area contributed by atoms with Crippen LogP contribution in [-0.4, -0.2) is 11.6 Å². The Morgan fingerprint density at radius 3 is 1.53 bits per heavy atom. The van der Waals surface area contributed by atoms with E-state index in [0.717, 1.165) is 4.48 Å². The van der Waals surface area contributed by atoms with E-state index in [1.165, 1.54) is 14.7 Å². The average Bonchev–Trinajstić information content (AvgIpc) is 2.39. The van der Waals surface area contributed by atoms with Gasteiger partial charge in [-0.05, 0) is 0 Å². The summed E-state index contributed by atoms with van der Waals surface area (Å²) in [5, 5.41) is 0. The van der Waals surface area contributed by atoms with Gasteiger partial charge in [0.1, 0.15) is 0 Å². The van der Waals surface area contributed by atoms with Crippen molar-refractivity contribution in [3.05, 3.63) is 71.8 Å². The van der Waals surface area contributed by atoms with Crippen LogP contribution in [0.3, 0.4) is 0 Å². The maximum absolute atomic E-state index is 3.82. The molecule has 0 radical (unpaired) electrons. The van der Waals surface area contributed by atoms with Crippen LogP contribution in [0.5, 0.6) is 0 Å². The molecule has 0 atom stereocenters. The molecule has 0 saturated carbocycles. The third-order valence-electron chi connectivity index (χ3n) is 2.49. The summed E-state index contributed by atoms with van der Waals surface area (Å²) in [5.74, 6) is 0. The fraction of sp³-hybridized carbons (Fsp3) is 0. The van der Waals surface area contributed by atoms with E-state index in [0.29, 0.717) is 0 Å². The topological polar surface area (TPSA) is 0 Å². The molecule has 0 aliphatic carbocycles. The van der Waals surface area contributed by atoms with Crippen molar-refractivity contribution >= 4 is 73.9 Å². The van der Waals surface area contributed by atoms with Crippen LogP contribution in [0.4, 0.5) is 0 Å². The standard InChI is InChI=1S/C14H10Br4Te/c15-13(11-7-3-1-4-8-11)14(19(16,17)18)12-9-5-2-6-10-12/h1-10H/b14-13+. The SMILES string of the molecule is Br/C(=C(\c1ccccc1)[Te](Br)(Br)Br)c1ccccc1. The van der Waals surface area contributed by atoms with Crippen molar-refractivity contribution in [1.29, 1.82) is 0 Å². The van der Waals surface area contributed by atoms with Gasteiger partial charge in [-0.3, -0.25) is 0 Å². The molecular formula is C14H10Br4Te. The van der Waals surface area contributed by atoms with E-state index in [1.54, 1.807) is 0 Å². The maximum atomic E-state index is 3.82. The van der Waals surface area contributed by atoms with Crippen molar-refractivity contribution in [3.8, 4) is 0 Å². The van der Waals surface area contributed by atoms with Crippen LogP contribution >= 0.6 is 54.2 Å². The third kappa shape index (κ3) is 4.43. The van der Waals surface area contributed by atoms with Crippen LogP contribution in [-0.2, 0) is 0 Å². The van der Waals surface area contributed by atoms with Gasteiger partial charge in [-0.1, -0.05) is 0 Å². The molecule has 0 aromatic heterocycles. The normalized spacial score (nSPS) is 13.9. The molecule has 5 heteroatoms. The molecule has 2 rings (SSSR count). The molecule has 0 N–H and O–H groups in total. The molecule has 2 aromatic rings. The molecule has 0 fully saturated rings. The molecule has 0 aliphatic rings. The summed E-state index contributed by atoms with van der Waals surface area (Å²) in [4.78, 5) is 0. The second kappa shape index (κ2) is 7.24. The summed E-state index contributed by atoms with van der Waals surface area (Å²) in [7, 11) is 0. The van der Waals surface area contributed by atoms with Gasteiger partial charge in [0.2, 0.25) is 0 Å². The van der Waals surface area contributed by atoms with Gasteiger partial charge in [0.25, 0.3) is 0 Å². The number of hydrogen-bond donors (Lipinski definition) is 0. The average molecular weight is 625 g/mol. The molecule has 0 heterocycles. The van der Waals surface area contributed by atoms with Crippen molar-refractivity contribution in [3.63, 3.8) is 0 Å². The first-order valence-corrected chi connectivity index (χ1v) is 23.1. The van der Waals surface area contributed by atoms with Gasteiger partial charge in [0.05, 0.1) is 0 Å². The van der Waals surface area contributed by atoms with E-state index in [2.05, 4.69) is 90.6 Å². The van der Waals surface area contributed by atoms with Gasteiger partial charge < -0.3 is 0 Å². The molecule has 0 bridgehead atoms. The quantitative estimate of drug-likeness (QED) is 0.266. The monoisotopic (exact) mass is 624 g/mol. The van der Waals surface area contributed by atoms with Crippen LogP contribution in [0.25, 0.3) is 8.10 Å². The zero-order valence-electron chi connectivity index (χ0n) is 9.69. The Morgan fingerprint density at radius 1 is 0.684 bits per heavy atom. The number of benzene rings is 2. The predicted molar refractivity (Wildman–Crippen MR) is 101 cm³/mol. The molecule has 0 aliphatic heterocycles. The van der Waals surface area contributed by atoms with Gasteiger partial charge in [-0.15, -0.1) is 0 Å². The van der Waals surface area contributed by atoms with Gasteiger partial charge in [0.15, 0.2) is 0 Å². The van der Waals surface area contributed by atoms with Crippen LogP contribution in [0.1, 0.15) is 11.1 Å². The molecule has 0 spiro atoms. The summed E-state index contributed by atoms with van der Waals surface area (Å²) < 4.78 is 2.39. The second-order valence-electron chi connectivity index (χ2n) is 3.78. The van der Waals surface area contributed by atoms with E-state index in [9.17, 15) is 0 Å². The summed E-state index contributed by atoms with van der Waals surface area (Å²) in [5.41, 5.74) is 2.39. The van der Waals surface area contributed by atoms with E-state index < -0.39 is 11.6 Å². The van der Waals surface area contributed by atoms with Gasteiger partial charge in [0, 0.05) is 0 Å². The zero-order valence-corrected chi connectivity index (χ0v) is 18.4. The molecule has 0 saturated heterocycles. The van der Waals surface area contributed by atoms with Crippen LogP contribution < -0.4 is 0 Å². The number of rotatable bonds is 3. The first-order valence-electron chi connectivity index (χ1n) is 5.43. The predicted octanol–water partition coefficient (Wildman–Crippen LogP) is 6.61. The second-order valence-corrected chi connectivity index (χ2v) is 45.1. The minimum atomic E-state index is -2.56. The Morgan fingerprint density at radius 2 is 1.11 bits per heavy atom. The summed E-state index contributed by atoms with van der Waals surface area (Å²) in [6.45, 7) is 0. The van der Waals surface area contributed by atoms with E-state index >= 15 is 0 Å². The third-order valence-corrected chi connectivity index (χ3v) is 13.3. The Kier molecular flexibility index (Phi) is 6.20. The fourth-order valence-electron chi connectivity index (χ4n) is 1.67. The fourth-order valence-corrected chi connectivity index (χ4v) is 17.2. The van der Waals surface area contributed by atoms with Crippen LogP contribution in [0, 0.1) is 0 Å². The van der Waals surface area contributed by atoms with Crippen molar-refractivity contribution in [2.45, 2.75) is 0 Å². The number of halogens is 4. The molecule has 19 heavy (non-hydrogen) atoms. The summed E-state index contributed by atoms with van der Waals surface area (Å²) >= 11 is 12.6. The van der Waals surface area contributed by atoms with Gasteiger partial charge in [-0.2, -0.15) is 0 Å². The molecule has 2 aromatic carbocycles. The Labute approximate surface area is 144 Å². The van der Waals surface area contributed by atoms with Gasteiger partial charge >= 0.3 is 146 Å². The van der Waals surface area contributed by atoms with Crippen molar-refractivity contribution < 1.29 is 0 Å². The number of hydrogen-bond acceptors (Lipinski definition) is 0. The molecule has 0 nitrogen and oxygen atoms in total. The van der Waals surface area contributed by atoms with Crippen LogP contribution in [0.15, 0.2) is 60.7 Å². The molecule has 0 unspecified atom stereocenters.